The third-order valence-corrected chi connectivity index (χ3v) is 2.30. The lowest BCUT2D eigenvalue weighted by Gasteiger charge is -2.00. The van der Waals surface area contributed by atoms with Crippen molar-refractivity contribution in [2.24, 2.45) is 0 Å². The molecule has 18 heavy (non-hydrogen) atoms. The van der Waals surface area contributed by atoms with Crippen LogP contribution in [-0.2, 0) is 0 Å². The van der Waals surface area contributed by atoms with Crippen LogP contribution in [0, 0.1) is 6.92 Å². The lowest BCUT2D eigenvalue weighted by Crippen LogP contribution is -1.95. The molecule has 0 N–H and O–H groups in total. The molecular formula is C13H15N5. The zero-order chi connectivity index (χ0) is 13.0. The molecule has 5 heteroatoms. The van der Waals surface area contributed by atoms with Gasteiger partial charge >= 0.3 is 0 Å². The van der Waals surface area contributed by atoms with Gasteiger partial charge in [-0.25, -0.2) is 19.5 Å². The minimum Gasteiger partial charge on any atom is -0.242 e. The largest absolute Gasteiger partial charge is 0.242 e. The first-order valence-corrected chi connectivity index (χ1v) is 5.93. The van der Waals surface area contributed by atoms with Crippen molar-refractivity contribution in [1.82, 2.24) is 24.6 Å². The summed E-state index contributed by atoms with van der Waals surface area (Å²) in [7, 11) is 0. The number of nitrogens with zero attached hydrogens (tertiary/aromatic N) is 5. The topological polar surface area (TPSA) is 56.0 Å². The van der Waals surface area contributed by atoms with E-state index >= 15 is 0 Å². The van der Waals surface area contributed by atoms with E-state index in [1.807, 2.05) is 45.2 Å². The van der Waals surface area contributed by atoms with E-state index in [-0.39, 0.29) is 0 Å². The van der Waals surface area contributed by atoms with E-state index in [2.05, 4.69) is 20.1 Å². The van der Waals surface area contributed by atoms with Crippen molar-refractivity contribution in [1.29, 1.82) is 0 Å². The van der Waals surface area contributed by atoms with Crippen LogP contribution in [0.3, 0.4) is 0 Å². The Labute approximate surface area is 106 Å². The van der Waals surface area contributed by atoms with Gasteiger partial charge < -0.3 is 0 Å². The van der Waals surface area contributed by atoms with E-state index in [0.29, 0.717) is 0 Å². The summed E-state index contributed by atoms with van der Waals surface area (Å²) < 4.78 is 1.72. The number of hydrogen-bond donors (Lipinski definition) is 0. The highest BCUT2D eigenvalue weighted by Crippen LogP contribution is 2.14. The van der Waals surface area contributed by atoms with E-state index in [1.165, 1.54) is 0 Å². The predicted molar refractivity (Wildman–Crippen MR) is 70.1 cm³/mol. The van der Waals surface area contributed by atoms with Crippen molar-refractivity contribution in [3.05, 3.63) is 42.6 Å². The molecule has 92 valence electrons. The van der Waals surface area contributed by atoms with Crippen LogP contribution in [0.4, 0.5) is 0 Å². The van der Waals surface area contributed by atoms with Crippen LogP contribution in [0.5, 0.6) is 0 Å². The van der Waals surface area contributed by atoms with Crippen LogP contribution >= 0.6 is 0 Å². The van der Waals surface area contributed by atoms with E-state index in [0.717, 1.165) is 22.9 Å². The second kappa shape index (κ2) is 5.35. The van der Waals surface area contributed by atoms with Crippen molar-refractivity contribution in [2.75, 3.05) is 0 Å². The van der Waals surface area contributed by atoms with Gasteiger partial charge in [0, 0.05) is 18.5 Å². The minimum absolute atomic E-state index is 0.743. The Morgan fingerprint density at radius 1 is 0.944 bits per heavy atom. The van der Waals surface area contributed by atoms with Gasteiger partial charge in [0.05, 0.1) is 17.6 Å². The number of hydrogen-bond acceptors (Lipinski definition) is 4. The molecule has 0 fully saturated rings. The highest BCUT2D eigenvalue weighted by atomic mass is 15.2. The Hall–Kier alpha value is -2.30. The molecular weight excluding hydrogens is 226 g/mol. The Kier molecular flexibility index (Phi) is 3.62. The molecule has 0 radical (unpaired) electrons. The summed E-state index contributed by atoms with van der Waals surface area (Å²) in [6, 6.07) is 5.60. The van der Waals surface area contributed by atoms with Gasteiger partial charge in [-0.3, -0.25) is 0 Å². The second-order valence-electron chi connectivity index (χ2n) is 3.44. The lowest BCUT2D eigenvalue weighted by molar-refractivity contribution is 0.938. The second-order valence-corrected chi connectivity index (χ2v) is 3.44. The Morgan fingerprint density at radius 3 is 2.50 bits per heavy atom. The fourth-order valence-corrected chi connectivity index (χ4v) is 1.55. The highest BCUT2D eigenvalue weighted by Gasteiger charge is 2.03. The first-order valence-electron chi connectivity index (χ1n) is 5.93. The zero-order valence-electron chi connectivity index (χ0n) is 10.7. The van der Waals surface area contributed by atoms with Gasteiger partial charge in [0.25, 0.3) is 0 Å². The molecule has 0 unspecified atom stereocenters. The number of aryl methyl sites for hydroxylation is 1. The Bertz CT molecular complexity index is 644. The lowest BCUT2D eigenvalue weighted by atomic mass is 10.3. The van der Waals surface area contributed by atoms with Crippen LogP contribution in [0.15, 0.2) is 36.8 Å². The predicted octanol–water partition coefficient (Wildman–Crippen LogP) is 2.52. The summed E-state index contributed by atoms with van der Waals surface area (Å²) in [5.74, 6) is 0.743. The first kappa shape index (κ1) is 12.2. The average Bonchev–Trinajstić information content (AvgIpc) is 2.88. The maximum Gasteiger partial charge on any atom is 0.155 e. The van der Waals surface area contributed by atoms with Crippen LogP contribution in [-0.4, -0.2) is 24.6 Å². The minimum atomic E-state index is 0.743. The average molecular weight is 241 g/mol. The standard InChI is InChI=1S/C11H9N5.C2H6/c1-8-12-5-2-9(14-8)10-4-7-16-11(15-10)3-6-13-16;1-2/h2-7H,1H3;1-2H3. The molecule has 0 atom stereocenters. The highest BCUT2D eigenvalue weighted by molar-refractivity contribution is 5.56. The SMILES string of the molecule is CC.Cc1nccc(-c2ccn3nccc3n2)n1. The normalized spacial score (nSPS) is 9.94. The van der Waals surface area contributed by atoms with E-state index in [1.54, 1.807) is 16.9 Å². The summed E-state index contributed by atoms with van der Waals surface area (Å²) in [6.07, 6.45) is 5.33. The number of aromatic nitrogens is 5. The molecule has 0 bridgehead atoms. The van der Waals surface area contributed by atoms with Gasteiger partial charge in [-0.2, -0.15) is 5.10 Å². The molecule has 0 aliphatic rings. The van der Waals surface area contributed by atoms with Crippen molar-refractivity contribution >= 4 is 5.65 Å². The molecule has 0 saturated carbocycles. The Morgan fingerprint density at radius 2 is 1.72 bits per heavy atom. The molecule has 3 heterocycles. The van der Waals surface area contributed by atoms with Crippen molar-refractivity contribution in [2.45, 2.75) is 20.8 Å². The van der Waals surface area contributed by atoms with Gasteiger partial charge in [-0.05, 0) is 19.1 Å². The summed E-state index contributed by atoms with van der Waals surface area (Å²) in [6.45, 7) is 5.86. The quantitative estimate of drug-likeness (QED) is 0.657. The summed E-state index contributed by atoms with van der Waals surface area (Å²) in [5, 5.41) is 4.09. The van der Waals surface area contributed by atoms with Gasteiger partial charge in [0.2, 0.25) is 0 Å². The van der Waals surface area contributed by atoms with E-state index in [9.17, 15) is 0 Å². The van der Waals surface area contributed by atoms with Gasteiger partial charge in [0.1, 0.15) is 5.82 Å². The molecule has 0 amide bonds. The van der Waals surface area contributed by atoms with Gasteiger partial charge in [-0.1, -0.05) is 13.8 Å². The molecule has 0 spiro atoms. The number of rotatable bonds is 1. The van der Waals surface area contributed by atoms with Crippen molar-refractivity contribution < 1.29 is 0 Å². The molecule has 3 aromatic rings. The van der Waals surface area contributed by atoms with Crippen LogP contribution in [0.2, 0.25) is 0 Å². The van der Waals surface area contributed by atoms with E-state index < -0.39 is 0 Å². The van der Waals surface area contributed by atoms with Crippen molar-refractivity contribution in [3.63, 3.8) is 0 Å². The monoisotopic (exact) mass is 241 g/mol. The van der Waals surface area contributed by atoms with Crippen LogP contribution in [0.25, 0.3) is 17.0 Å². The molecule has 3 aromatic heterocycles. The van der Waals surface area contributed by atoms with E-state index in [4.69, 9.17) is 0 Å². The summed E-state index contributed by atoms with van der Waals surface area (Å²) in [4.78, 5) is 12.8. The maximum absolute atomic E-state index is 4.46. The van der Waals surface area contributed by atoms with Gasteiger partial charge in [-0.15, -0.1) is 0 Å². The molecule has 0 aliphatic carbocycles. The fraction of sp³-hybridized carbons (Fsp3) is 0.231. The maximum atomic E-state index is 4.46. The molecule has 0 aliphatic heterocycles. The fourth-order valence-electron chi connectivity index (χ4n) is 1.55. The third kappa shape index (κ3) is 2.34. The molecule has 5 nitrogen and oxygen atoms in total. The molecule has 0 aromatic carbocycles. The summed E-state index contributed by atoms with van der Waals surface area (Å²) in [5.41, 5.74) is 2.48. The van der Waals surface area contributed by atoms with Gasteiger partial charge in [0.15, 0.2) is 5.65 Å². The van der Waals surface area contributed by atoms with Crippen LogP contribution in [0.1, 0.15) is 19.7 Å². The molecule has 0 saturated heterocycles. The van der Waals surface area contributed by atoms with Crippen LogP contribution < -0.4 is 0 Å². The van der Waals surface area contributed by atoms with Crippen molar-refractivity contribution in [3.8, 4) is 11.4 Å². The first-order chi connectivity index (χ1) is 8.83. The third-order valence-electron chi connectivity index (χ3n) is 2.30. The Balaban J connectivity index is 0.000000574. The smallest absolute Gasteiger partial charge is 0.155 e. The zero-order valence-corrected chi connectivity index (χ0v) is 10.7. The summed E-state index contributed by atoms with van der Waals surface area (Å²) >= 11 is 0. The number of fused-ring (bicyclic) bond motifs is 1. The molecule has 3 rings (SSSR count).